The molecule has 0 bridgehead atoms. The van der Waals surface area contributed by atoms with Gasteiger partial charge in [0.2, 0.25) is 0 Å². The summed E-state index contributed by atoms with van der Waals surface area (Å²) in [5.41, 5.74) is 1.60. The standard InChI is InChI=1S/C22H25N3O5/c1-24-14-20(30-19-5-3-2-4-18(19)24)22(27)23-16-6-8-17(9-7-16)29-15-21(26)25-10-12-28-13-11-25/h2-9,20H,10-15H2,1H3,(H,23,27). The Hall–Kier alpha value is -3.26. The van der Waals surface area contributed by atoms with Crippen LogP contribution in [0.4, 0.5) is 11.4 Å². The number of hydrogen-bond donors (Lipinski definition) is 1. The summed E-state index contributed by atoms with van der Waals surface area (Å²) in [6.45, 7) is 2.76. The summed E-state index contributed by atoms with van der Waals surface area (Å²) in [5, 5.41) is 2.87. The van der Waals surface area contributed by atoms with Crippen LogP contribution in [0.25, 0.3) is 0 Å². The Kier molecular flexibility index (Phi) is 6.04. The van der Waals surface area contributed by atoms with E-state index in [1.165, 1.54) is 0 Å². The number of para-hydroxylation sites is 2. The number of morpholine rings is 1. The Balaban J connectivity index is 1.29. The quantitative estimate of drug-likeness (QED) is 0.808. The van der Waals surface area contributed by atoms with E-state index >= 15 is 0 Å². The van der Waals surface area contributed by atoms with Gasteiger partial charge in [-0.1, -0.05) is 12.1 Å². The van der Waals surface area contributed by atoms with Crippen molar-refractivity contribution in [3.63, 3.8) is 0 Å². The van der Waals surface area contributed by atoms with Crippen molar-refractivity contribution in [3.8, 4) is 11.5 Å². The highest BCUT2D eigenvalue weighted by Crippen LogP contribution is 2.32. The maximum Gasteiger partial charge on any atom is 0.267 e. The third-order valence-corrected chi connectivity index (χ3v) is 5.13. The molecule has 2 amide bonds. The van der Waals surface area contributed by atoms with E-state index in [9.17, 15) is 9.59 Å². The van der Waals surface area contributed by atoms with E-state index in [4.69, 9.17) is 14.2 Å². The maximum absolute atomic E-state index is 12.6. The molecule has 0 aliphatic carbocycles. The second-order valence-electron chi connectivity index (χ2n) is 7.25. The van der Waals surface area contributed by atoms with Gasteiger partial charge in [0.1, 0.15) is 11.5 Å². The highest BCUT2D eigenvalue weighted by molar-refractivity contribution is 5.95. The largest absolute Gasteiger partial charge is 0.484 e. The number of likely N-dealkylation sites (N-methyl/N-ethyl adjacent to an activating group) is 1. The number of ether oxygens (including phenoxy) is 3. The van der Waals surface area contributed by atoms with Gasteiger partial charge in [-0.25, -0.2) is 0 Å². The lowest BCUT2D eigenvalue weighted by atomic mass is 10.2. The lowest BCUT2D eigenvalue weighted by Crippen LogP contribution is -2.45. The van der Waals surface area contributed by atoms with Crippen molar-refractivity contribution in [1.82, 2.24) is 4.90 Å². The number of rotatable bonds is 5. The van der Waals surface area contributed by atoms with E-state index in [2.05, 4.69) is 5.32 Å². The van der Waals surface area contributed by atoms with Crippen LogP contribution in [0.15, 0.2) is 48.5 Å². The van der Waals surface area contributed by atoms with Gasteiger partial charge in [0, 0.05) is 25.8 Å². The van der Waals surface area contributed by atoms with Gasteiger partial charge in [0.05, 0.1) is 25.4 Å². The van der Waals surface area contributed by atoms with E-state index < -0.39 is 6.10 Å². The fourth-order valence-electron chi connectivity index (χ4n) is 3.45. The van der Waals surface area contributed by atoms with E-state index in [1.54, 1.807) is 29.2 Å². The lowest BCUT2D eigenvalue weighted by Gasteiger charge is -2.32. The number of hydrogen-bond acceptors (Lipinski definition) is 6. The van der Waals surface area contributed by atoms with E-state index in [0.717, 1.165) is 5.69 Å². The molecule has 8 nitrogen and oxygen atoms in total. The molecular weight excluding hydrogens is 386 g/mol. The first-order valence-electron chi connectivity index (χ1n) is 9.96. The van der Waals surface area contributed by atoms with Crippen molar-refractivity contribution in [2.24, 2.45) is 0 Å². The number of anilines is 2. The second kappa shape index (κ2) is 9.04. The summed E-state index contributed by atoms with van der Waals surface area (Å²) in [6.07, 6.45) is -0.605. The molecule has 2 aromatic carbocycles. The molecule has 8 heteroatoms. The average Bonchev–Trinajstić information content (AvgIpc) is 2.79. The number of benzene rings is 2. The fourth-order valence-corrected chi connectivity index (χ4v) is 3.45. The zero-order chi connectivity index (χ0) is 20.9. The molecule has 0 radical (unpaired) electrons. The van der Waals surface area contributed by atoms with Crippen LogP contribution >= 0.6 is 0 Å². The third-order valence-electron chi connectivity index (χ3n) is 5.13. The van der Waals surface area contributed by atoms with Gasteiger partial charge in [0.15, 0.2) is 12.7 Å². The van der Waals surface area contributed by atoms with Crippen molar-refractivity contribution in [2.75, 3.05) is 56.7 Å². The molecule has 30 heavy (non-hydrogen) atoms. The van der Waals surface area contributed by atoms with Crippen molar-refractivity contribution < 1.29 is 23.8 Å². The highest BCUT2D eigenvalue weighted by atomic mass is 16.5. The van der Waals surface area contributed by atoms with Crippen LogP contribution in [0, 0.1) is 0 Å². The predicted molar refractivity (Wildman–Crippen MR) is 112 cm³/mol. The first kappa shape index (κ1) is 20.0. The molecule has 0 saturated carbocycles. The van der Waals surface area contributed by atoms with E-state index in [0.29, 0.717) is 50.0 Å². The molecule has 1 atom stereocenters. The molecule has 1 unspecified atom stereocenters. The van der Waals surface area contributed by atoms with Gasteiger partial charge in [-0.05, 0) is 36.4 Å². The molecule has 2 aromatic rings. The summed E-state index contributed by atoms with van der Waals surface area (Å²) < 4.78 is 16.7. The van der Waals surface area contributed by atoms with Crippen LogP contribution in [0.1, 0.15) is 0 Å². The summed E-state index contributed by atoms with van der Waals surface area (Å²) in [4.78, 5) is 28.5. The molecule has 2 aliphatic heterocycles. The van der Waals surface area contributed by atoms with Gasteiger partial charge in [-0.15, -0.1) is 0 Å². The number of nitrogens with one attached hydrogen (secondary N) is 1. The molecule has 2 aliphatic rings. The molecule has 1 N–H and O–H groups in total. The SMILES string of the molecule is CN1CC(C(=O)Nc2ccc(OCC(=O)N3CCOCC3)cc2)Oc2ccccc21. The number of carbonyl (C=O) groups excluding carboxylic acids is 2. The van der Waals surface area contributed by atoms with Crippen LogP contribution in [-0.4, -0.2) is 69.3 Å². The Labute approximate surface area is 175 Å². The van der Waals surface area contributed by atoms with Crippen LogP contribution in [0.5, 0.6) is 11.5 Å². The summed E-state index contributed by atoms with van der Waals surface area (Å²) in [6, 6.07) is 14.6. The van der Waals surface area contributed by atoms with Crippen molar-refractivity contribution >= 4 is 23.2 Å². The number of nitrogens with zero attached hydrogens (tertiary/aromatic N) is 2. The molecule has 0 aromatic heterocycles. The monoisotopic (exact) mass is 411 g/mol. The fraction of sp³-hybridized carbons (Fsp3) is 0.364. The minimum Gasteiger partial charge on any atom is -0.484 e. The summed E-state index contributed by atoms with van der Waals surface area (Å²) >= 11 is 0. The zero-order valence-corrected chi connectivity index (χ0v) is 16.9. The maximum atomic E-state index is 12.6. The third kappa shape index (κ3) is 4.65. The smallest absolute Gasteiger partial charge is 0.267 e. The zero-order valence-electron chi connectivity index (χ0n) is 16.9. The molecule has 158 valence electrons. The van der Waals surface area contributed by atoms with Gasteiger partial charge < -0.3 is 29.3 Å². The van der Waals surface area contributed by atoms with Crippen LogP contribution in [0.3, 0.4) is 0 Å². The Morgan fingerprint density at radius 1 is 1.10 bits per heavy atom. The first-order chi connectivity index (χ1) is 14.6. The van der Waals surface area contributed by atoms with Gasteiger partial charge in [0.25, 0.3) is 11.8 Å². The molecule has 0 spiro atoms. The number of fused-ring (bicyclic) bond motifs is 1. The van der Waals surface area contributed by atoms with Crippen LogP contribution in [-0.2, 0) is 14.3 Å². The molecular formula is C22H25N3O5. The first-order valence-corrected chi connectivity index (χ1v) is 9.96. The normalized spacial score (nSPS) is 18.2. The second-order valence-corrected chi connectivity index (χ2v) is 7.25. The van der Waals surface area contributed by atoms with Crippen LogP contribution < -0.4 is 19.7 Å². The van der Waals surface area contributed by atoms with Gasteiger partial charge in [-0.2, -0.15) is 0 Å². The highest BCUT2D eigenvalue weighted by Gasteiger charge is 2.29. The Morgan fingerprint density at radius 3 is 2.60 bits per heavy atom. The topological polar surface area (TPSA) is 80.3 Å². The van der Waals surface area contributed by atoms with Crippen molar-refractivity contribution in [2.45, 2.75) is 6.10 Å². The number of amides is 2. The minimum atomic E-state index is -0.605. The average molecular weight is 411 g/mol. The van der Waals surface area contributed by atoms with Crippen LogP contribution in [0.2, 0.25) is 0 Å². The van der Waals surface area contributed by atoms with Crippen molar-refractivity contribution in [3.05, 3.63) is 48.5 Å². The van der Waals surface area contributed by atoms with Gasteiger partial charge in [-0.3, -0.25) is 9.59 Å². The predicted octanol–water partition coefficient (Wildman–Crippen LogP) is 1.76. The Bertz CT molecular complexity index is 896. The van der Waals surface area contributed by atoms with E-state index in [1.807, 2.05) is 36.2 Å². The number of carbonyl (C=O) groups is 2. The molecule has 4 rings (SSSR count). The minimum absolute atomic E-state index is 0.0205. The molecule has 1 saturated heterocycles. The molecule has 1 fully saturated rings. The summed E-state index contributed by atoms with van der Waals surface area (Å²) in [5.74, 6) is 0.985. The Morgan fingerprint density at radius 2 is 1.83 bits per heavy atom. The van der Waals surface area contributed by atoms with Gasteiger partial charge >= 0.3 is 0 Å². The summed E-state index contributed by atoms with van der Waals surface area (Å²) in [7, 11) is 1.94. The molecule has 2 heterocycles. The van der Waals surface area contributed by atoms with Crippen molar-refractivity contribution in [1.29, 1.82) is 0 Å². The van der Waals surface area contributed by atoms with E-state index in [-0.39, 0.29) is 18.4 Å². The lowest BCUT2D eigenvalue weighted by molar-refractivity contribution is -0.137.